The molecule has 1 aromatic carbocycles. The summed E-state index contributed by atoms with van der Waals surface area (Å²) in [6.45, 7) is 7.85. The summed E-state index contributed by atoms with van der Waals surface area (Å²) in [5.41, 5.74) is 2.97. The Morgan fingerprint density at radius 1 is 1.29 bits per heavy atom. The predicted octanol–water partition coefficient (Wildman–Crippen LogP) is 4.14. The standard InChI is InChI=1S/C19H29NO/c1-3-9-20-13-17-5-4-14(2)11-18(17)15-6-7-19-16(12-15)8-10-21-19/h6-7,12,14,17-18,20H,3-5,8-11,13H2,1-2H3. The Labute approximate surface area is 129 Å². The monoisotopic (exact) mass is 287 g/mol. The van der Waals surface area contributed by atoms with Crippen molar-refractivity contribution >= 4 is 0 Å². The van der Waals surface area contributed by atoms with Gasteiger partial charge in [0.2, 0.25) is 0 Å². The maximum Gasteiger partial charge on any atom is 0.122 e. The maximum atomic E-state index is 5.66. The lowest BCUT2D eigenvalue weighted by molar-refractivity contribution is 0.242. The molecule has 0 amide bonds. The van der Waals surface area contributed by atoms with Gasteiger partial charge in [-0.1, -0.05) is 32.4 Å². The minimum Gasteiger partial charge on any atom is -0.493 e. The van der Waals surface area contributed by atoms with Crippen LogP contribution in [-0.2, 0) is 6.42 Å². The first-order valence-electron chi connectivity index (χ1n) is 8.74. The Morgan fingerprint density at radius 2 is 2.19 bits per heavy atom. The molecule has 2 heteroatoms. The minimum atomic E-state index is 0.726. The van der Waals surface area contributed by atoms with E-state index in [0.29, 0.717) is 0 Å². The van der Waals surface area contributed by atoms with Crippen LogP contribution in [0.5, 0.6) is 5.75 Å². The fraction of sp³-hybridized carbons (Fsp3) is 0.684. The second-order valence-electron chi connectivity index (χ2n) is 6.95. The van der Waals surface area contributed by atoms with Crippen molar-refractivity contribution in [2.24, 2.45) is 11.8 Å². The summed E-state index contributed by atoms with van der Waals surface area (Å²) in [4.78, 5) is 0. The average Bonchev–Trinajstić information content (AvgIpc) is 2.96. The van der Waals surface area contributed by atoms with Gasteiger partial charge < -0.3 is 10.1 Å². The summed E-state index contributed by atoms with van der Waals surface area (Å²) in [6.07, 6.45) is 6.42. The molecule has 2 aliphatic rings. The smallest absolute Gasteiger partial charge is 0.122 e. The molecule has 1 aromatic rings. The van der Waals surface area contributed by atoms with Gasteiger partial charge >= 0.3 is 0 Å². The molecule has 1 aliphatic carbocycles. The number of nitrogens with one attached hydrogen (secondary N) is 1. The second kappa shape index (κ2) is 6.83. The molecule has 0 spiro atoms. The van der Waals surface area contributed by atoms with E-state index in [4.69, 9.17) is 4.74 Å². The van der Waals surface area contributed by atoms with E-state index in [0.717, 1.165) is 43.1 Å². The van der Waals surface area contributed by atoms with Gasteiger partial charge in [-0.05, 0) is 67.3 Å². The molecule has 0 radical (unpaired) electrons. The van der Waals surface area contributed by atoms with Gasteiger partial charge in [-0.2, -0.15) is 0 Å². The Morgan fingerprint density at radius 3 is 3.05 bits per heavy atom. The Bertz CT molecular complexity index is 471. The Kier molecular flexibility index (Phi) is 4.84. The molecule has 1 aliphatic heterocycles. The van der Waals surface area contributed by atoms with Crippen LogP contribution in [0.15, 0.2) is 18.2 Å². The van der Waals surface area contributed by atoms with Crippen LogP contribution in [0.1, 0.15) is 56.6 Å². The molecule has 0 aromatic heterocycles. The predicted molar refractivity (Wildman–Crippen MR) is 88.0 cm³/mol. The molecule has 21 heavy (non-hydrogen) atoms. The van der Waals surface area contributed by atoms with Gasteiger partial charge in [0.05, 0.1) is 6.61 Å². The van der Waals surface area contributed by atoms with Crippen LogP contribution in [0, 0.1) is 11.8 Å². The number of hydrogen-bond acceptors (Lipinski definition) is 2. The van der Waals surface area contributed by atoms with Crippen LogP contribution in [0.25, 0.3) is 0 Å². The zero-order valence-corrected chi connectivity index (χ0v) is 13.5. The molecule has 3 rings (SSSR count). The van der Waals surface area contributed by atoms with Crippen molar-refractivity contribution in [3.63, 3.8) is 0 Å². The number of hydrogen-bond donors (Lipinski definition) is 1. The molecule has 3 atom stereocenters. The van der Waals surface area contributed by atoms with Gasteiger partial charge in [0, 0.05) is 6.42 Å². The van der Waals surface area contributed by atoms with E-state index < -0.39 is 0 Å². The van der Waals surface area contributed by atoms with Crippen molar-refractivity contribution in [2.75, 3.05) is 19.7 Å². The fourth-order valence-electron chi connectivity index (χ4n) is 4.00. The Balaban J connectivity index is 1.75. The number of fused-ring (bicyclic) bond motifs is 1. The molecule has 1 N–H and O–H groups in total. The van der Waals surface area contributed by atoms with Gasteiger partial charge in [-0.15, -0.1) is 0 Å². The first kappa shape index (κ1) is 14.9. The maximum absolute atomic E-state index is 5.66. The second-order valence-corrected chi connectivity index (χ2v) is 6.95. The molecule has 116 valence electrons. The van der Waals surface area contributed by atoms with Gasteiger partial charge in [0.25, 0.3) is 0 Å². The summed E-state index contributed by atoms with van der Waals surface area (Å²) < 4.78 is 5.66. The van der Waals surface area contributed by atoms with E-state index in [1.54, 1.807) is 5.56 Å². The van der Waals surface area contributed by atoms with Gasteiger partial charge in [0.1, 0.15) is 5.75 Å². The van der Waals surface area contributed by atoms with Crippen molar-refractivity contribution in [3.05, 3.63) is 29.3 Å². The fourth-order valence-corrected chi connectivity index (χ4v) is 4.00. The third-order valence-electron chi connectivity index (χ3n) is 5.23. The average molecular weight is 287 g/mol. The lowest BCUT2D eigenvalue weighted by Gasteiger charge is -2.35. The first-order valence-corrected chi connectivity index (χ1v) is 8.74. The summed E-state index contributed by atoms with van der Waals surface area (Å²) in [5, 5.41) is 3.65. The van der Waals surface area contributed by atoms with Crippen molar-refractivity contribution < 1.29 is 4.74 Å². The van der Waals surface area contributed by atoms with E-state index in [1.807, 2.05) is 0 Å². The third-order valence-corrected chi connectivity index (χ3v) is 5.23. The SMILES string of the molecule is CCCNCC1CCC(C)CC1c1ccc2c(c1)CCO2. The largest absolute Gasteiger partial charge is 0.493 e. The van der Waals surface area contributed by atoms with Crippen LogP contribution < -0.4 is 10.1 Å². The highest BCUT2D eigenvalue weighted by atomic mass is 16.5. The van der Waals surface area contributed by atoms with E-state index >= 15 is 0 Å². The van der Waals surface area contributed by atoms with E-state index in [-0.39, 0.29) is 0 Å². The van der Waals surface area contributed by atoms with E-state index in [9.17, 15) is 0 Å². The van der Waals surface area contributed by atoms with Crippen molar-refractivity contribution in [2.45, 2.75) is 51.9 Å². The van der Waals surface area contributed by atoms with E-state index in [2.05, 4.69) is 37.4 Å². The highest BCUT2D eigenvalue weighted by Crippen LogP contribution is 2.41. The quantitative estimate of drug-likeness (QED) is 0.822. The van der Waals surface area contributed by atoms with E-state index in [1.165, 1.54) is 37.8 Å². The van der Waals surface area contributed by atoms with Crippen molar-refractivity contribution in [1.29, 1.82) is 0 Å². The number of benzene rings is 1. The van der Waals surface area contributed by atoms with Crippen LogP contribution in [0.2, 0.25) is 0 Å². The molecule has 2 nitrogen and oxygen atoms in total. The lowest BCUT2D eigenvalue weighted by atomic mass is 9.71. The first-order chi connectivity index (χ1) is 10.3. The molecule has 0 saturated heterocycles. The van der Waals surface area contributed by atoms with Crippen LogP contribution in [0.4, 0.5) is 0 Å². The summed E-state index contributed by atoms with van der Waals surface area (Å²) >= 11 is 0. The van der Waals surface area contributed by atoms with Crippen LogP contribution >= 0.6 is 0 Å². The molecule has 3 unspecified atom stereocenters. The van der Waals surface area contributed by atoms with Crippen LogP contribution in [-0.4, -0.2) is 19.7 Å². The van der Waals surface area contributed by atoms with Crippen LogP contribution in [0.3, 0.4) is 0 Å². The number of rotatable bonds is 5. The third kappa shape index (κ3) is 3.42. The van der Waals surface area contributed by atoms with Crippen molar-refractivity contribution in [1.82, 2.24) is 5.32 Å². The zero-order chi connectivity index (χ0) is 14.7. The summed E-state index contributed by atoms with van der Waals surface area (Å²) in [5.74, 6) is 3.50. The highest BCUT2D eigenvalue weighted by molar-refractivity contribution is 5.41. The van der Waals surface area contributed by atoms with Gasteiger partial charge in [0.15, 0.2) is 0 Å². The van der Waals surface area contributed by atoms with Gasteiger partial charge in [-0.3, -0.25) is 0 Å². The topological polar surface area (TPSA) is 21.3 Å². The summed E-state index contributed by atoms with van der Waals surface area (Å²) in [7, 11) is 0. The molecule has 1 saturated carbocycles. The highest BCUT2D eigenvalue weighted by Gasteiger charge is 2.30. The molecular formula is C19H29NO. The minimum absolute atomic E-state index is 0.726. The van der Waals surface area contributed by atoms with Crippen molar-refractivity contribution in [3.8, 4) is 5.75 Å². The molecule has 1 fully saturated rings. The lowest BCUT2D eigenvalue weighted by Crippen LogP contribution is -2.32. The number of ether oxygens (including phenoxy) is 1. The molecule has 0 bridgehead atoms. The zero-order valence-electron chi connectivity index (χ0n) is 13.5. The summed E-state index contributed by atoms with van der Waals surface area (Å²) in [6, 6.07) is 6.95. The van der Waals surface area contributed by atoms with Gasteiger partial charge in [-0.25, -0.2) is 0 Å². The molecular weight excluding hydrogens is 258 g/mol. The Hall–Kier alpha value is -1.02. The molecule has 1 heterocycles. The normalized spacial score (nSPS) is 28.2.